The molecule has 0 saturated heterocycles. The Morgan fingerprint density at radius 2 is 1.54 bits per heavy atom. The molecular formula is C19H31N5O4. The van der Waals surface area contributed by atoms with Crippen molar-refractivity contribution in [1.82, 2.24) is 26.8 Å². The van der Waals surface area contributed by atoms with Gasteiger partial charge in [-0.15, -0.1) is 0 Å². The average Bonchev–Trinajstić information content (AvgIpc) is 2.70. The molecule has 1 aromatic carbocycles. The van der Waals surface area contributed by atoms with Gasteiger partial charge in [0.1, 0.15) is 11.8 Å². The molecule has 0 fully saturated rings. The van der Waals surface area contributed by atoms with Gasteiger partial charge in [0.15, 0.2) is 0 Å². The summed E-state index contributed by atoms with van der Waals surface area (Å²) in [6.45, 7) is 5.01. The first-order valence-corrected chi connectivity index (χ1v) is 9.19. The van der Waals surface area contributed by atoms with Crippen LogP contribution in [0.1, 0.15) is 26.3 Å². The lowest BCUT2D eigenvalue weighted by Gasteiger charge is -2.18. The van der Waals surface area contributed by atoms with Crippen LogP contribution in [0.4, 0.5) is 0 Å². The third kappa shape index (κ3) is 11.8. The van der Waals surface area contributed by atoms with Gasteiger partial charge in [-0.25, -0.2) is 5.43 Å². The summed E-state index contributed by atoms with van der Waals surface area (Å²) in [7, 11) is 1.62. The molecule has 1 aromatic rings. The molecule has 1 unspecified atom stereocenters. The normalized spacial score (nSPS) is 10.7. The van der Waals surface area contributed by atoms with E-state index in [1.165, 1.54) is 6.92 Å². The van der Waals surface area contributed by atoms with Gasteiger partial charge in [-0.3, -0.25) is 24.6 Å². The van der Waals surface area contributed by atoms with Crippen molar-refractivity contribution >= 4 is 23.5 Å². The van der Waals surface area contributed by atoms with Crippen molar-refractivity contribution in [1.29, 1.82) is 0 Å². The highest BCUT2D eigenvalue weighted by Gasteiger charge is 2.21. The molecular weight excluding hydrogens is 362 g/mol. The summed E-state index contributed by atoms with van der Waals surface area (Å²) < 4.78 is 0. The number of carbonyl (C=O) groups excluding carboxylic acids is 4. The maximum atomic E-state index is 12.3. The van der Waals surface area contributed by atoms with E-state index in [1.807, 2.05) is 44.2 Å². The quantitative estimate of drug-likeness (QED) is 0.316. The maximum Gasteiger partial charge on any atom is 0.243 e. The molecule has 0 aliphatic carbocycles. The first-order valence-electron chi connectivity index (χ1n) is 9.19. The second-order valence-electron chi connectivity index (χ2n) is 5.61. The van der Waals surface area contributed by atoms with Gasteiger partial charge < -0.3 is 16.0 Å². The number of benzene rings is 1. The number of nitrogens with one attached hydrogen (secondary N) is 5. The molecule has 5 N–H and O–H groups in total. The Hall–Kier alpha value is -2.78. The van der Waals surface area contributed by atoms with Crippen LogP contribution in [0, 0.1) is 0 Å². The summed E-state index contributed by atoms with van der Waals surface area (Å²) in [5.74, 6) is -1.51. The van der Waals surface area contributed by atoms with Crippen LogP contribution in [0.3, 0.4) is 0 Å². The zero-order chi connectivity index (χ0) is 21.4. The van der Waals surface area contributed by atoms with E-state index in [0.29, 0.717) is 0 Å². The van der Waals surface area contributed by atoms with E-state index in [2.05, 4.69) is 26.8 Å². The first kappa shape index (κ1) is 25.2. The topological polar surface area (TPSA) is 128 Å². The zero-order valence-electron chi connectivity index (χ0n) is 16.9. The fourth-order valence-electron chi connectivity index (χ4n) is 2.05. The Bertz CT molecular complexity index is 622. The van der Waals surface area contributed by atoms with E-state index in [1.54, 1.807) is 7.05 Å². The van der Waals surface area contributed by atoms with Crippen molar-refractivity contribution < 1.29 is 19.2 Å². The number of ketones is 1. The molecule has 156 valence electrons. The summed E-state index contributed by atoms with van der Waals surface area (Å²) in [5.41, 5.74) is 6.05. The van der Waals surface area contributed by atoms with Crippen molar-refractivity contribution in [2.75, 3.05) is 26.7 Å². The Morgan fingerprint density at radius 3 is 2.11 bits per heavy atom. The van der Waals surface area contributed by atoms with Crippen molar-refractivity contribution in [3.63, 3.8) is 0 Å². The van der Waals surface area contributed by atoms with Crippen LogP contribution in [0.2, 0.25) is 0 Å². The van der Waals surface area contributed by atoms with Gasteiger partial charge in [0.05, 0.1) is 19.6 Å². The summed E-state index contributed by atoms with van der Waals surface area (Å²) in [4.78, 5) is 46.9. The lowest BCUT2D eigenvalue weighted by Crippen LogP contribution is -2.51. The lowest BCUT2D eigenvalue weighted by molar-refractivity contribution is -0.130. The summed E-state index contributed by atoms with van der Waals surface area (Å²) in [5, 5.41) is 7.52. The van der Waals surface area contributed by atoms with Gasteiger partial charge >= 0.3 is 0 Å². The molecule has 0 radical (unpaired) electrons. The number of Topliss-reactive ketones (excluding diaryl/α,β-unsaturated/α-hetero) is 1. The first-order chi connectivity index (χ1) is 13.4. The van der Waals surface area contributed by atoms with Crippen molar-refractivity contribution in [2.24, 2.45) is 0 Å². The number of hydrogen-bond donors (Lipinski definition) is 5. The van der Waals surface area contributed by atoms with Crippen LogP contribution in [0.15, 0.2) is 30.3 Å². The third-order valence-corrected chi connectivity index (χ3v) is 3.32. The van der Waals surface area contributed by atoms with Crippen LogP contribution < -0.4 is 26.8 Å². The van der Waals surface area contributed by atoms with Crippen LogP contribution in [-0.4, -0.2) is 56.2 Å². The molecule has 9 heteroatoms. The molecule has 9 nitrogen and oxygen atoms in total. The Kier molecular flexibility index (Phi) is 13.8. The Balaban J connectivity index is 0.00000352. The van der Waals surface area contributed by atoms with Gasteiger partial charge in [-0.2, -0.15) is 0 Å². The monoisotopic (exact) mass is 393 g/mol. The molecule has 3 amide bonds. The number of carbonyl (C=O) groups is 4. The van der Waals surface area contributed by atoms with E-state index < -0.39 is 17.9 Å². The summed E-state index contributed by atoms with van der Waals surface area (Å²) >= 11 is 0. The molecule has 0 spiro atoms. The largest absolute Gasteiger partial charge is 0.347 e. The number of hydrazine groups is 1. The van der Waals surface area contributed by atoms with Gasteiger partial charge in [0.25, 0.3) is 0 Å². The van der Waals surface area contributed by atoms with Crippen LogP contribution in [0.25, 0.3) is 0 Å². The molecule has 0 aliphatic heterocycles. The van der Waals surface area contributed by atoms with Crippen molar-refractivity contribution in [2.45, 2.75) is 33.2 Å². The van der Waals surface area contributed by atoms with Gasteiger partial charge in [0.2, 0.25) is 17.7 Å². The molecule has 1 atom stereocenters. The molecule has 0 aliphatic rings. The van der Waals surface area contributed by atoms with Gasteiger partial charge in [-0.1, -0.05) is 44.2 Å². The van der Waals surface area contributed by atoms with Crippen LogP contribution >= 0.6 is 0 Å². The smallest absolute Gasteiger partial charge is 0.243 e. The molecule has 0 heterocycles. The van der Waals surface area contributed by atoms with Crippen molar-refractivity contribution in [3.8, 4) is 0 Å². The number of hydrogen-bond acceptors (Lipinski definition) is 6. The predicted molar refractivity (Wildman–Crippen MR) is 107 cm³/mol. The predicted octanol–water partition coefficient (Wildman–Crippen LogP) is -0.714. The average molecular weight is 393 g/mol. The zero-order valence-corrected chi connectivity index (χ0v) is 16.9. The summed E-state index contributed by atoms with van der Waals surface area (Å²) in [6.07, 6.45) is 0.269. The highest BCUT2D eigenvalue weighted by Crippen LogP contribution is 2.03. The molecule has 28 heavy (non-hydrogen) atoms. The molecule has 0 aromatic heterocycles. The van der Waals surface area contributed by atoms with E-state index >= 15 is 0 Å². The Labute approximate surface area is 166 Å². The van der Waals surface area contributed by atoms with Crippen molar-refractivity contribution in [3.05, 3.63) is 35.9 Å². The highest BCUT2D eigenvalue weighted by molar-refractivity contribution is 5.92. The van der Waals surface area contributed by atoms with E-state index in [4.69, 9.17) is 0 Å². The fourth-order valence-corrected chi connectivity index (χ4v) is 2.05. The SMILES string of the molecule is CC.CNNCC(=O)NCC(=O)NC(Cc1ccccc1)C(=O)NCC(C)=O. The lowest BCUT2D eigenvalue weighted by atomic mass is 10.1. The molecule has 0 bridgehead atoms. The van der Waals surface area contributed by atoms with Gasteiger partial charge in [0, 0.05) is 6.42 Å². The Morgan fingerprint density at radius 1 is 0.893 bits per heavy atom. The number of amides is 3. The van der Waals surface area contributed by atoms with E-state index in [-0.39, 0.29) is 37.7 Å². The fraction of sp³-hybridized carbons (Fsp3) is 0.474. The minimum Gasteiger partial charge on any atom is -0.347 e. The molecule has 0 saturated carbocycles. The van der Waals surface area contributed by atoms with E-state index in [9.17, 15) is 19.2 Å². The van der Waals surface area contributed by atoms with Crippen LogP contribution in [-0.2, 0) is 25.6 Å². The minimum atomic E-state index is -0.850. The minimum absolute atomic E-state index is 0.0102. The standard InChI is InChI=1S/C17H25N5O4.C2H6/c1-12(23)9-20-17(26)14(8-13-6-4-3-5-7-13)22-16(25)10-19-15(24)11-21-18-2;1-2/h3-7,14,18,21H,8-11H2,1-2H3,(H,19,24)(H,20,26)(H,22,25);1-2H3. The third-order valence-electron chi connectivity index (χ3n) is 3.32. The maximum absolute atomic E-state index is 12.3. The summed E-state index contributed by atoms with van der Waals surface area (Å²) in [6, 6.07) is 8.33. The van der Waals surface area contributed by atoms with Crippen LogP contribution in [0.5, 0.6) is 0 Å². The second-order valence-corrected chi connectivity index (χ2v) is 5.61. The van der Waals surface area contributed by atoms with Gasteiger partial charge in [-0.05, 0) is 19.5 Å². The molecule has 1 rings (SSSR count). The second kappa shape index (κ2) is 15.3. The van der Waals surface area contributed by atoms with E-state index in [0.717, 1.165) is 5.56 Å². The highest BCUT2D eigenvalue weighted by atomic mass is 16.2. The number of rotatable bonds is 11.